The zero-order valence-electron chi connectivity index (χ0n) is 20.7. The fraction of sp³-hybridized carbons (Fsp3) is 0.643. The molecule has 0 radical (unpaired) electrons. The summed E-state index contributed by atoms with van der Waals surface area (Å²) in [5.41, 5.74) is 4.80. The molecule has 2 aliphatic rings. The molecule has 3 nitrogen and oxygen atoms in total. The van der Waals surface area contributed by atoms with Crippen molar-refractivity contribution in [1.29, 1.82) is 0 Å². The largest absolute Gasteiger partial charge is 0.370 e. The van der Waals surface area contributed by atoms with E-state index in [1.165, 1.54) is 48.2 Å². The standard InChI is InChI=1S/C28H42N2O/c1-7-10-11-24-25(19-20(4)29-26(24)22-12-13-22)27(23(9-3)21(5)31)30(17-8-2)18-16-28(6)14-15-28/h9,11,19,22H,7-8,10,12-18H2,1-6H3/b23-9-,24-11-,27-25+. The van der Waals surface area contributed by atoms with Crippen molar-refractivity contribution < 1.29 is 4.79 Å². The summed E-state index contributed by atoms with van der Waals surface area (Å²) in [7, 11) is 0. The van der Waals surface area contributed by atoms with Gasteiger partial charge in [-0.2, -0.15) is 0 Å². The van der Waals surface area contributed by atoms with Crippen molar-refractivity contribution in [3.05, 3.63) is 39.5 Å². The van der Waals surface area contributed by atoms with Gasteiger partial charge in [-0.15, -0.1) is 0 Å². The summed E-state index contributed by atoms with van der Waals surface area (Å²) in [6, 6.07) is 2.23. The van der Waals surface area contributed by atoms with Crippen molar-refractivity contribution in [2.24, 2.45) is 5.41 Å². The van der Waals surface area contributed by atoms with Crippen molar-refractivity contribution in [3.8, 4) is 0 Å². The van der Waals surface area contributed by atoms with Gasteiger partial charge in [0.2, 0.25) is 0 Å². The minimum atomic E-state index is 0.153. The minimum Gasteiger partial charge on any atom is -0.370 e. The number of aryl methyl sites for hydroxylation is 1. The molecule has 2 aliphatic carbocycles. The third-order valence-electron chi connectivity index (χ3n) is 6.89. The summed E-state index contributed by atoms with van der Waals surface area (Å²) in [6.07, 6.45) is 14.0. The zero-order valence-corrected chi connectivity index (χ0v) is 20.7. The fourth-order valence-electron chi connectivity index (χ4n) is 4.54. The second-order valence-corrected chi connectivity index (χ2v) is 10.0. The van der Waals surface area contributed by atoms with Crippen molar-refractivity contribution in [2.75, 3.05) is 13.1 Å². The first kappa shape index (κ1) is 23.8. The summed E-state index contributed by atoms with van der Waals surface area (Å²) in [5.74, 6) is 0.736. The maximum Gasteiger partial charge on any atom is 0.161 e. The summed E-state index contributed by atoms with van der Waals surface area (Å²) >= 11 is 0. The number of hydrogen-bond acceptors (Lipinski definition) is 3. The number of rotatable bonds is 11. The highest BCUT2D eigenvalue weighted by molar-refractivity contribution is 6.04. The van der Waals surface area contributed by atoms with Gasteiger partial charge >= 0.3 is 0 Å². The van der Waals surface area contributed by atoms with E-state index in [-0.39, 0.29) is 5.78 Å². The van der Waals surface area contributed by atoms with Crippen LogP contribution in [0, 0.1) is 12.3 Å². The van der Waals surface area contributed by atoms with Gasteiger partial charge in [-0.05, 0) is 77.2 Å². The van der Waals surface area contributed by atoms with Crippen molar-refractivity contribution >= 4 is 17.6 Å². The van der Waals surface area contributed by atoms with Gasteiger partial charge in [0.05, 0.1) is 11.4 Å². The zero-order chi connectivity index (χ0) is 22.6. The van der Waals surface area contributed by atoms with Gasteiger partial charge in [0, 0.05) is 40.7 Å². The van der Waals surface area contributed by atoms with Gasteiger partial charge < -0.3 is 4.90 Å². The molecule has 2 saturated carbocycles. The number of unbranched alkanes of at least 4 members (excludes halogenated alkanes) is 1. The summed E-state index contributed by atoms with van der Waals surface area (Å²) < 4.78 is 0. The van der Waals surface area contributed by atoms with E-state index in [2.05, 4.69) is 44.7 Å². The maximum absolute atomic E-state index is 12.8. The number of pyridine rings is 1. The van der Waals surface area contributed by atoms with E-state index in [1.54, 1.807) is 6.92 Å². The molecule has 31 heavy (non-hydrogen) atoms. The Labute approximate surface area is 189 Å². The number of Topliss-reactive ketones (excluding diaryl/α,β-unsaturated/α-hetero) is 1. The van der Waals surface area contributed by atoms with Gasteiger partial charge in [0.25, 0.3) is 0 Å². The second kappa shape index (κ2) is 10.1. The Hall–Kier alpha value is -1.90. The van der Waals surface area contributed by atoms with Crippen molar-refractivity contribution in [2.45, 2.75) is 98.8 Å². The lowest BCUT2D eigenvalue weighted by Gasteiger charge is -2.30. The highest BCUT2D eigenvalue weighted by atomic mass is 16.1. The normalized spacial score (nSPS) is 19.4. The van der Waals surface area contributed by atoms with Gasteiger partial charge in [0.1, 0.15) is 0 Å². The first-order valence-corrected chi connectivity index (χ1v) is 12.5. The summed E-state index contributed by atoms with van der Waals surface area (Å²) in [5, 5.41) is 2.50. The smallest absolute Gasteiger partial charge is 0.161 e. The van der Waals surface area contributed by atoms with Crippen LogP contribution in [-0.4, -0.2) is 28.8 Å². The molecule has 0 N–H and O–H groups in total. The lowest BCUT2D eigenvalue weighted by Crippen LogP contribution is -2.40. The molecule has 3 rings (SSSR count). The maximum atomic E-state index is 12.8. The Morgan fingerprint density at radius 2 is 1.94 bits per heavy atom. The van der Waals surface area contributed by atoms with Gasteiger partial charge in [-0.25, -0.2) is 0 Å². The first-order valence-electron chi connectivity index (χ1n) is 12.5. The van der Waals surface area contributed by atoms with E-state index in [4.69, 9.17) is 4.98 Å². The predicted molar refractivity (Wildman–Crippen MR) is 131 cm³/mol. The molecule has 2 fully saturated rings. The molecule has 1 aromatic heterocycles. The molecule has 3 heteroatoms. The average Bonchev–Trinajstić information content (AvgIpc) is 3.65. The number of allylic oxidation sites excluding steroid dienone is 1. The van der Waals surface area contributed by atoms with Crippen LogP contribution in [0.4, 0.5) is 0 Å². The number of hydrogen-bond donors (Lipinski definition) is 0. The molecule has 0 saturated heterocycles. The van der Waals surface area contributed by atoms with Gasteiger partial charge in [-0.1, -0.05) is 39.3 Å². The van der Waals surface area contributed by atoms with Crippen LogP contribution < -0.4 is 10.4 Å². The molecule has 0 aromatic carbocycles. The Morgan fingerprint density at radius 3 is 2.45 bits per heavy atom. The van der Waals surface area contributed by atoms with Crippen LogP contribution in [0.5, 0.6) is 0 Å². The van der Waals surface area contributed by atoms with E-state index < -0.39 is 0 Å². The molecule has 0 unspecified atom stereocenters. The van der Waals surface area contributed by atoms with E-state index in [0.717, 1.165) is 49.3 Å². The molecule has 0 amide bonds. The van der Waals surface area contributed by atoms with Gasteiger partial charge in [0.15, 0.2) is 5.78 Å². The van der Waals surface area contributed by atoms with Crippen LogP contribution in [0.3, 0.4) is 0 Å². The number of aromatic nitrogens is 1. The number of ketones is 1. The molecule has 1 aromatic rings. The summed E-state index contributed by atoms with van der Waals surface area (Å²) in [6.45, 7) is 14.7. The molecule has 1 heterocycles. The van der Waals surface area contributed by atoms with Crippen molar-refractivity contribution in [3.63, 3.8) is 0 Å². The van der Waals surface area contributed by atoms with Crippen LogP contribution in [0.2, 0.25) is 0 Å². The topological polar surface area (TPSA) is 33.2 Å². The van der Waals surface area contributed by atoms with Crippen LogP contribution in [0.1, 0.15) is 103 Å². The van der Waals surface area contributed by atoms with Crippen LogP contribution in [0.15, 0.2) is 17.7 Å². The molecule has 0 bridgehead atoms. The highest BCUT2D eigenvalue weighted by Crippen LogP contribution is 2.48. The van der Waals surface area contributed by atoms with E-state index in [9.17, 15) is 4.79 Å². The Bertz CT molecular complexity index is 948. The van der Waals surface area contributed by atoms with E-state index >= 15 is 0 Å². The predicted octanol–water partition coefficient (Wildman–Crippen LogP) is 5.39. The number of carbonyl (C=O) groups is 1. The van der Waals surface area contributed by atoms with Crippen molar-refractivity contribution in [1.82, 2.24) is 9.88 Å². The molecule has 0 aliphatic heterocycles. The molecule has 0 atom stereocenters. The molecule has 170 valence electrons. The summed E-state index contributed by atoms with van der Waals surface area (Å²) in [4.78, 5) is 20.3. The average molecular weight is 423 g/mol. The highest BCUT2D eigenvalue weighted by Gasteiger charge is 2.37. The minimum absolute atomic E-state index is 0.153. The quantitative estimate of drug-likeness (QED) is 0.448. The lowest BCUT2D eigenvalue weighted by molar-refractivity contribution is -0.113. The SMILES string of the molecule is C\C=C(C(C)=O)/C(=c1/cc(C)nc(C2CC2)/c1=C\CCC)N(CCC)CCC1(C)CC1. The Balaban J connectivity index is 2.29. The number of carbonyl (C=O) groups excluding carboxylic acids is 1. The molecular formula is C28H42N2O. The van der Waals surface area contributed by atoms with Crippen LogP contribution in [-0.2, 0) is 4.79 Å². The number of nitrogens with zero attached hydrogens (tertiary/aromatic N) is 2. The third-order valence-corrected chi connectivity index (χ3v) is 6.89. The monoisotopic (exact) mass is 422 g/mol. The van der Waals surface area contributed by atoms with Gasteiger partial charge in [-0.3, -0.25) is 9.78 Å². The Morgan fingerprint density at radius 1 is 1.23 bits per heavy atom. The fourth-order valence-corrected chi connectivity index (χ4v) is 4.54. The second-order valence-electron chi connectivity index (χ2n) is 10.0. The third kappa shape index (κ3) is 5.87. The molecule has 0 spiro atoms. The Kier molecular flexibility index (Phi) is 7.78. The van der Waals surface area contributed by atoms with E-state index in [0.29, 0.717) is 11.3 Å². The van der Waals surface area contributed by atoms with Crippen LogP contribution in [0.25, 0.3) is 11.8 Å². The first-order chi connectivity index (χ1) is 14.8. The van der Waals surface area contributed by atoms with E-state index in [1.807, 2.05) is 13.0 Å². The van der Waals surface area contributed by atoms with Crippen LogP contribution >= 0.6 is 0 Å². The molecular weight excluding hydrogens is 380 g/mol. The lowest BCUT2D eigenvalue weighted by atomic mass is 9.99.